The van der Waals surface area contributed by atoms with Crippen LogP contribution in [0, 0.1) is 12.7 Å². The van der Waals surface area contributed by atoms with E-state index >= 15 is 0 Å². The number of rotatable bonds is 5. The van der Waals surface area contributed by atoms with Crippen molar-refractivity contribution in [2.75, 3.05) is 17.7 Å². The van der Waals surface area contributed by atoms with E-state index in [9.17, 15) is 9.18 Å². The SMILES string of the molecule is COc1ccc(-c2cnc3c(Nc4ccc(NC(C)=O)c(C)c4)nccn23)c(F)c1. The molecule has 2 aromatic carbocycles. The minimum atomic E-state index is -0.397. The number of halogens is 1. The topological polar surface area (TPSA) is 80.5 Å². The summed E-state index contributed by atoms with van der Waals surface area (Å²) in [6.45, 7) is 3.38. The molecule has 0 bridgehead atoms. The van der Waals surface area contributed by atoms with E-state index in [4.69, 9.17) is 4.74 Å². The number of carbonyl (C=O) groups excluding carboxylic acids is 1. The van der Waals surface area contributed by atoms with Crippen molar-refractivity contribution < 1.29 is 13.9 Å². The third kappa shape index (κ3) is 3.67. The van der Waals surface area contributed by atoms with Crippen LogP contribution >= 0.6 is 0 Å². The molecule has 0 saturated heterocycles. The number of methoxy groups -OCH3 is 1. The number of imidazole rings is 1. The molecule has 7 nitrogen and oxygen atoms in total. The highest BCUT2D eigenvalue weighted by atomic mass is 19.1. The first-order valence-electron chi connectivity index (χ1n) is 9.27. The Morgan fingerprint density at radius 3 is 2.70 bits per heavy atom. The predicted molar refractivity (Wildman–Crippen MR) is 114 cm³/mol. The molecule has 0 aliphatic heterocycles. The number of aryl methyl sites for hydroxylation is 1. The molecule has 2 aromatic heterocycles. The van der Waals surface area contributed by atoms with Gasteiger partial charge in [0.05, 0.1) is 19.0 Å². The molecule has 8 heteroatoms. The third-order valence-electron chi connectivity index (χ3n) is 4.68. The molecule has 0 spiro atoms. The van der Waals surface area contributed by atoms with Crippen LogP contribution in [0.3, 0.4) is 0 Å². The number of nitrogens with zero attached hydrogens (tertiary/aromatic N) is 3. The largest absolute Gasteiger partial charge is 0.497 e. The number of fused-ring (bicyclic) bond motifs is 1. The molecule has 0 unspecified atom stereocenters. The lowest BCUT2D eigenvalue weighted by Gasteiger charge is -2.11. The Labute approximate surface area is 172 Å². The van der Waals surface area contributed by atoms with Crippen LogP contribution in [0.15, 0.2) is 55.0 Å². The number of benzene rings is 2. The van der Waals surface area contributed by atoms with Gasteiger partial charge in [0.2, 0.25) is 5.91 Å². The van der Waals surface area contributed by atoms with E-state index in [1.54, 1.807) is 35.1 Å². The fraction of sp³-hybridized carbons (Fsp3) is 0.136. The monoisotopic (exact) mass is 405 g/mol. The zero-order valence-corrected chi connectivity index (χ0v) is 16.7. The molecule has 152 valence electrons. The minimum Gasteiger partial charge on any atom is -0.497 e. The second-order valence-electron chi connectivity index (χ2n) is 6.79. The third-order valence-corrected chi connectivity index (χ3v) is 4.68. The van der Waals surface area contributed by atoms with E-state index in [2.05, 4.69) is 20.6 Å². The normalized spacial score (nSPS) is 10.8. The van der Waals surface area contributed by atoms with Crippen molar-refractivity contribution in [2.24, 2.45) is 0 Å². The van der Waals surface area contributed by atoms with E-state index in [0.29, 0.717) is 28.5 Å². The first-order chi connectivity index (χ1) is 14.5. The number of hydrogen-bond donors (Lipinski definition) is 2. The van der Waals surface area contributed by atoms with Crippen molar-refractivity contribution >= 4 is 28.7 Å². The van der Waals surface area contributed by atoms with E-state index in [1.807, 2.05) is 25.1 Å². The summed E-state index contributed by atoms with van der Waals surface area (Å²) in [5, 5.41) is 6.03. The van der Waals surface area contributed by atoms with Crippen molar-refractivity contribution in [3.8, 4) is 17.0 Å². The molecule has 0 atom stereocenters. The number of amides is 1. The Bertz CT molecular complexity index is 1250. The van der Waals surface area contributed by atoms with Gasteiger partial charge in [-0.25, -0.2) is 14.4 Å². The number of anilines is 3. The molecule has 0 radical (unpaired) electrons. The summed E-state index contributed by atoms with van der Waals surface area (Å²) in [5.41, 5.74) is 4.03. The molecule has 0 saturated carbocycles. The number of carbonyl (C=O) groups is 1. The number of nitrogens with one attached hydrogen (secondary N) is 2. The standard InChI is InChI=1S/C22H20FN5O2/c1-13-10-15(4-7-19(13)26-14(2)29)27-21-22-25-12-20(28(22)9-8-24-21)17-6-5-16(30-3)11-18(17)23/h4-12H,1-3H3,(H,24,27)(H,26,29). The zero-order valence-electron chi connectivity index (χ0n) is 16.7. The van der Waals surface area contributed by atoms with Gasteiger partial charge in [-0.1, -0.05) is 0 Å². The Balaban J connectivity index is 1.69. The molecule has 1 amide bonds. The van der Waals surface area contributed by atoms with Crippen LogP contribution in [-0.4, -0.2) is 27.4 Å². The highest BCUT2D eigenvalue weighted by molar-refractivity contribution is 5.90. The van der Waals surface area contributed by atoms with Crippen LogP contribution in [0.25, 0.3) is 16.9 Å². The quantitative estimate of drug-likeness (QED) is 0.509. The highest BCUT2D eigenvalue weighted by Crippen LogP contribution is 2.29. The molecule has 4 aromatic rings. The number of aromatic nitrogens is 3. The van der Waals surface area contributed by atoms with Gasteiger partial charge in [-0.15, -0.1) is 0 Å². The maximum Gasteiger partial charge on any atom is 0.221 e. The van der Waals surface area contributed by atoms with Gasteiger partial charge in [0.1, 0.15) is 11.6 Å². The lowest BCUT2D eigenvalue weighted by molar-refractivity contribution is -0.114. The van der Waals surface area contributed by atoms with E-state index < -0.39 is 5.82 Å². The van der Waals surface area contributed by atoms with Gasteiger partial charge in [-0.05, 0) is 42.8 Å². The summed E-state index contributed by atoms with van der Waals surface area (Å²) >= 11 is 0. The summed E-state index contributed by atoms with van der Waals surface area (Å²) < 4.78 is 21.4. The second-order valence-corrected chi connectivity index (χ2v) is 6.79. The van der Waals surface area contributed by atoms with E-state index in [0.717, 1.165) is 16.9 Å². The summed E-state index contributed by atoms with van der Waals surface area (Å²) in [6.07, 6.45) is 4.97. The Hall–Kier alpha value is -3.94. The van der Waals surface area contributed by atoms with Crippen molar-refractivity contribution in [2.45, 2.75) is 13.8 Å². The van der Waals surface area contributed by atoms with Gasteiger partial charge < -0.3 is 15.4 Å². The number of hydrogen-bond acceptors (Lipinski definition) is 5. The average molecular weight is 405 g/mol. The highest BCUT2D eigenvalue weighted by Gasteiger charge is 2.14. The van der Waals surface area contributed by atoms with Gasteiger partial charge in [0, 0.05) is 42.3 Å². The van der Waals surface area contributed by atoms with Crippen molar-refractivity contribution in [1.29, 1.82) is 0 Å². The summed E-state index contributed by atoms with van der Waals surface area (Å²) in [7, 11) is 1.50. The molecule has 2 heterocycles. The second kappa shape index (κ2) is 7.82. The van der Waals surface area contributed by atoms with E-state index in [-0.39, 0.29) is 5.91 Å². The number of ether oxygens (including phenoxy) is 1. The van der Waals surface area contributed by atoms with Crippen LogP contribution in [0.1, 0.15) is 12.5 Å². The van der Waals surface area contributed by atoms with Crippen LogP contribution in [0.2, 0.25) is 0 Å². The molecular weight excluding hydrogens is 385 g/mol. The van der Waals surface area contributed by atoms with Gasteiger partial charge in [0.25, 0.3) is 0 Å². The molecular formula is C22H20FN5O2. The van der Waals surface area contributed by atoms with Crippen LogP contribution in [0.4, 0.5) is 21.6 Å². The van der Waals surface area contributed by atoms with Crippen LogP contribution in [-0.2, 0) is 4.79 Å². The Morgan fingerprint density at radius 2 is 2.00 bits per heavy atom. The Morgan fingerprint density at radius 1 is 1.17 bits per heavy atom. The molecule has 0 fully saturated rings. The summed E-state index contributed by atoms with van der Waals surface area (Å²) in [5.74, 6) is 0.462. The van der Waals surface area contributed by atoms with Crippen molar-refractivity contribution in [3.63, 3.8) is 0 Å². The fourth-order valence-corrected chi connectivity index (χ4v) is 3.25. The van der Waals surface area contributed by atoms with Crippen LogP contribution in [0.5, 0.6) is 5.75 Å². The van der Waals surface area contributed by atoms with Gasteiger partial charge >= 0.3 is 0 Å². The molecule has 0 aliphatic carbocycles. The van der Waals surface area contributed by atoms with E-state index in [1.165, 1.54) is 20.1 Å². The van der Waals surface area contributed by atoms with Crippen LogP contribution < -0.4 is 15.4 Å². The molecule has 4 rings (SSSR count). The predicted octanol–water partition coefficient (Wildman–Crippen LogP) is 4.55. The fourth-order valence-electron chi connectivity index (χ4n) is 3.25. The first-order valence-corrected chi connectivity index (χ1v) is 9.27. The molecule has 2 N–H and O–H groups in total. The molecule has 30 heavy (non-hydrogen) atoms. The Kier molecular flexibility index (Phi) is 5.05. The molecule has 0 aliphatic rings. The summed E-state index contributed by atoms with van der Waals surface area (Å²) in [6, 6.07) is 10.3. The van der Waals surface area contributed by atoms with Gasteiger partial charge in [0.15, 0.2) is 11.5 Å². The zero-order chi connectivity index (χ0) is 21.3. The maximum atomic E-state index is 14.6. The lowest BCUT2D eigenvalue weighted by Crippen LogP contribution is -2.07. The van der Waals surface area contributed by atoms with Gasteiger partial charge in [-0.2, -0.15) is 0 Å². The van der Waals surface area contributed by atoms with Crippen molar-refractivity contribution in [1.82, 2.24) is 14.4 Å². The first kappa shape index (κ1) is 19.4. The average Bonchev–Trinajstić information content (AvgIpc) is 3.14. The maximum absolute atomic E-state index is 14.6. The summed E-state index contributed by atoms with van der Waals surface area (Å²) in [4.78, 5) is 20.1. The van der Waals surface area contributed by atoms with Gasteiger partial charge in [-0.3, -0.25) is 9.20 Å². The van der Waals surface area contributed by atoms with Crippen molar-refractivity contribution in [3.05, 3.63) is 66.4 Å². The minimum absolute atomic E-state index is 0.124. The smallest absolute Gasteiger partial charge is 0.221 e. The lowest BCUT2D eigenvalue weighted by atomic mass is 10.1.